The summed E-state index contributed by atoms with van der Waals surface area (Å²) in [5.41, 5.74) is 2.12. The number of hydrogen-bond acceptors (Lipinski definition) is 3. The van der Waals surface area contributed by atoms with Gasteiger partial charge in [0.05, 0.1) is 14.2 Å². The van der Waals surface area contributed by atoms with Crippen molar-refractivity contribution in [3.8, 4) is 12.3 Å². The number of hydrogen-bond donors (Lipinski definition) is 1. The molecule has 0 aromatic rings. The molecule has 100 valence electrons. The third-order valence-electron chi connectivity index (χ3n) is 2.69. The highest BCUT2D eigenvalue weighted by atomic mass is 28.3. The number of rotatable bonds is 3. The topological polar surface area (TPSA) is 49.8 Å². The summed E-state index contributed by atoms with van der Waals surface area (Å²) in [5.74, 6) is 2.42. The minimum Gasteiger partial charge on any atom is -0.445 e. The van der Waals surface area contributed by atoms with Crippen LogP contribution in [0.2, 0.25) is 19.6 Å². The van der Waals surface area contributed by atoms with Crippen molar-refractivity contribution in [1.29, 1.82) is 0 Å². The van der Waals surface area contributed by atoms with Crippen LogP contribution in [0.5, 0.6) is 0 Å². The van der Waals surface area contributed by atoms with Gasteiger partial charge in [-0.2, -0.15) is 0 Å². The molecule has 1 N–H and O–H groups in total. The Hall–Kier alpha value is -1.25. The lowest BCUT2D eigenvalue weighted by Gasteiger charge is -2.20. The number of aliphatic hydroxyl groups is 1. The zero-order valence-electron chi connectivity index (χ0n) is 11.2. The molecule has 4 nitrogen and oxygen atoms in total. The Labute approximate surface area is 110 Å². The maximum atomic E-state index is 11.8. The van der Waals surface area contributed by atoms with Gasteiger partial charge in [0.2, 0.25) is 0 Å². The Bertz CT molecular complexity index is 367. The second-order valence-electron chi connectivity index (χ2n) is 5.51. The number of carbonyl (C=O) groups is 1. The normalized spacial score (nSPS) is 24.3. The van der Waals surface area contributed by atoms with Crippen molar-refractivity contribution in [3.05, 3.63) is 11.8 Å². The highest BCUT2D eigenvalue weighted by molar-refractivity contribution is 6.80. The molecule has 1 amide bonds. The molecule has 1 fully saturated rings. The maximum absolute atomic E-state index is 11.8. The highest BCUT2D eigenvalue weighted by Gasteiger charge is 2.35. The van der Waals surface area contributed by atoms with Crippen LogP contribution in [-0.4, -0.2) is 49.5 Å². The first-order valence-corrected chi connectivity index (χ1v) is 9.68. The number of ether oxygens (including phenoxy) is 1. The standard InChI is InChI=1S/C13H21NO3Si/c1-5-11-12(15)7-8-14(11)13(16)17-9-6-10-18(2,3)4/h1,6,10-12,15H,7-9H2,2-4H3. The van der Waals surface area contributed by atoms with Gasteiger partial charge in [-0.05, 0) is 6.42 Å². The van der Waals surface area contributed by atoms with Crippen LogP contribution in [0, 0.1) is 12.3 Å². The van der Waals surface area contributed by atoms with Crippen molar-refractivity contribution in [2.45, 2.75) is 38.2 Å². The molecule has 18 heavy (non-hydrogen) atoms. The highest BCUT2D eigenvalue weighted by Crippen LogP contribution is 2.18. The van der Waals surface area contributed by atoms with E-state index in [0.717, 1.165) is 0 Å². The summed E-state index contributed by atoms with van der Waals surface area (Å²) in [7, 11) is -1.25. The summed E-state index contributed by atoms with van der Waals surface area (Å²) < 4.78 is 5.12. The molecule has 0 aromatic carbocycles. The van der Waals surface area contributed by atoms with E-state index in [0.29, 0.717) is 13.0 Å². The SMILES string of the molecule is C#CC1C(O)CCN1C(=O)OCC=C[Si](C)(C)C. The van der Waals surface area contributed by atoms with E-state index >= 15 is 0 Å². The number of terminal acetylenes is 1. The van der Waals surface area contributed by atoms with E-state index in [1.165, 1.54) is 4.90 Å². The molecule has 2 unspecified atom stereocenters. The zero-order valence-corrected chi connectivity index (χ0v) is 12.2. The van der Waals surface area contributed by atoms with Crippen molar-refractivity contribution >= 4 is 14.2 Å². The Morgan fingerprint density at radius 1 is 1.61 bits per heavy atom. The second kappa shape index (κ2) is 6.07. The summed E-state index contributed by atoms with van der Waals surface area (Å²) in [6, 6.07) is -0.557. The molecule has 0 aromatic heterocycles. The average molecular weight is 267 g/mol. The molecule has 0 bridgehead atoms. The van der Waals surface area contributed by atoms with E-state index in [1.54, 1.807) is 0 Å². The van der Waals surface area contributed by atoms with Crippen molar-refractivity contribution in [1.82, 2.24) is 4.90 Å². The first-order valence-electron chi connectivity index (χ1n) is 6.10. The molecule has 1 aliphatic heterocycles. The van der Waals surface area contributed by atoms with Gasteiger partial charge < -0.3 is 9.84 Å². The molecule has 0 aliphatic carbocycles. The van der Waals surface area contributed by atoms with E-state index in [-0.39, 0.29) is 6.61 Å². The van der Waals surface area contributed by atoms with Crippen LogP contribution in [-0.2, 0) is 4.74 Å². The Morgan fingerprint density at radius 3 is 2.83 bits per heavy atom. The Kier molecular flexibility index (Phi) is 5.00. The van der Waals surface area contributed by atoms with Gasteiger partial charge in [-0.15, -0.1) is 6.42 Å². The first kappa shape index (κ1) is 14.8. The zero-order chi connectivity index (χ0) is 13.8. The molecule has 5 heteroatoms. The van der Waals surface area contributed by atoms with Gasteiger partial charge in [0.1, 0.15) is 12.6 Å². The van der Waals surface area contributed by atoms with E-state index < -0.39 is 26.3 Å². The van der Waals surface area contributed by atoms with Crippen molar-refractivity contribution in [2.75, 3.05) is 13.2 Å². The number of aliphatic hydroxyl groups excluding tert-OH is 1. The first-order chi connectivity index (χ1) is 8.35. The molecule has 1 rings (SSSR count). The van der Waals surface area contributed by atoms with Gasteiger partial charge in [0.15, 0.2) is 0 Å². The van der Waals surface area contributed by atoms with Gasteiger partial charge in [0.25, 0.3) is 0 Å². The summed E-state index contributed by atoms with van der Waals surface area (Å²) in [5, 5.41) is 9.59. The van der Waals surface area contributed by atoms with Gasteiger partial charge in [-0.25, -0.2) is 4.79 Å². The minimum absolute atomic E-state index is 0.257. The van der Waals surface area contributed by atoms with Gasteiger partial charge in [0, 0.05) is 6.54 Å². The number of carbonyl (C=O) groups excluding carboxylic acids is 1. The van der Waals surface area contributed by atoms with Crippen LogP contribution >= 0.6 is 0 Å². The summed E-state index contributed by atoms with van der Waals surface area (Å²) in [6.07, 6.45) is 6.59. The van der Waals surface area contributed by atoms with Crippen molar-refractivity contribution in [3.63, 3.8) is 0 Å². The fourth-order valence-electron chi connectivity index (χ4n) is 1.79. The second-order valence-corrected chi connectivity index (χ2v) is 10.6. The molecule has 2 atom stereocenters. The molecular formula is C13H21NO3Si. The predicted octanol–water partition coefficient (Wildman–Crippen LogP) is 1.62. The third-order valence-corrected chi connectivity index (χ3v) is 3.93. The summed E-state index contributed by atoms with van der Waals surface area (Å²) in [6.45, 7) is 7.32. The lowest BCUT2D eigenvalue weighted by molar-refractivity contribution is 0.0981. The summed E-state index contributed by atoms with van der Waals surface area (Å²) in [4.78, 5) is 13.2. The molecule has 1 heterocycles. The number of amides is 1. The number of nitrogens with zero attached hydrogens (tertiary/aromatic N) is 1. The Balaban J connectivity index is 2.43. The largest absolute Gasteiger partial charge is 0.445 e. The molecule has 1 saturated heterocycles. The van der Waals surface area contributed by atoms with Gasteiger partial charge in [-0.3, -0.25) is 4.90 Å². The van der Waals surface area contributed by atoms with Crippen LogP contribution in [0.3, 0.4) is 0 Å². The molecular weight excluding hydrogens is 246 g/mol. The molecule has 0 saturated carbocycles. The smallest absolute Gasteiger partial charge is 0.411 e. The van der Waals surface area contributed by atoms with Crippen LogP contribution in [0.1, 0.15) is 6.42 Å². The lowest BCUT2D eigenvalue weighted by Crippen LogP contribution is -2.38. The Morgan fingerprint density at radius 2 is 2.28 bits per heavy atom. The van der Waals surface area contributed by atoms with Crippen LogP contribution in [0.25, 0.3) is 0 Å². The molecule has 0 spiro atoms. The average Bonchev–Trinajstić information content (AvgIpc) is 2.64. The van der Waals surface area contributed by atoms with Crippen LogP contribution in [0.4, 0.5) is 4.79 Å². The van der Waals surface area contributed by atoms with E-state index in [2.05, 4.69) is 31.3 Å². The van der Waals surface area contributed by atoms with Crippen molar-refractivity contribution in [2.24, 2.45) is 0 Å². The van der Waals surface area contributed by atoms with Gasteiger partial charge in [-0.1, -0.05) is 37.3 Å². The molecule has 1 aliphatic rings. The van der Waals surface area contributed by atoms with E-state index in [4.69, 9.17) is 11.2 Å². The minimum atomic E-state index is -1.25. The quantitative estimate of drug-likeness (QED) is 0.624. The fourth-order valence-corrected chi connectivity index (χ4v) is 2.59. The monoisotopic (exact) mass is 267 g/mol. The predicted molar refractivity (Wildman–Crippen MR) is 73.8 cm³/mol. The third kappa shape index (κ3) is 4.20. The van der Waals surface area contributed by atoms with Crippen LogP contribution < -0.4 is 0 Å². The van der Waals surface area contributed by atoms with E-state index in [1.807, 2.05) is 6.08 Å². The van der Waals surface area contributed by atoms with Crippen LogP contribution in [0.15, 0.2) is 11.8 Å². The molecule has 0 radical (unpaired) electrons. The summed E-state index contributed by atoms with van der Waals surface area (Å²) >= 11 is 0. The number of likely N-dealkylation sites (tertiary alicyclic amines) is 1. The fraction of sp³-hybridized carbons (Fsp3) is 0.615. The van der Waals surface area contributed by atoms with Gasteiger partial charge >= 0.3 is 6.09 Å². The van der Waals surface area contributed by atoms with E-state index in [9.17, 15) is 9.90 Å². The maximum Gasteiger partial charge on any atom is 0.411 e. The lowest BCUT2D eigenvalue weighted by atomic mass is 10.2. The van der Waals surface area contributed by atoms with Crippen molar-refractivity contribution < 1.29 is 14.6 Å².